The average molecular weight is 812 g/mol. The summed E-state index contributed by atoms with van der Waals surface area (Å²) < 4.78 is 11.1. The molecule has 0 aromatic heterocycles. The predicted molar refractivity (Wildman–Crippen MR) is 239 cm³/mol. The van der Waals surface area contributed by atoms with Gasteiger partial charge in [0.1, 0.15) is 24.4 Å². The Kier molecular flexibility index (Phi) is 35.1. The van der Waals surface area contributed by atoms with Crippen molar-refractivity contribution in [1.29, 1.82) is 0 Å². The second kappa shape index (κ2) is 38.3. The van der Waals surface area contributed by atoms with Crippen LogP contribution >= 0.6 is 0 Å². The molecule has 1 rings (SSSR count). The van der Waals surface area contributed by atoms with E-state index in [1.807, 2.05) is 6.08 Å². The van der Waals surface area contributed by atoms with Crippen molar-refractivity contribution in [3.05, 3.63) is 97.2 Å². The third-order valence-corrected chi connectivity index (χ3v) is 9.91. The zero-order valence-electron chi connectivity index (χ0n) is 36.0. The molecule has 0 aromatic carbocycles. The van der Waals surface area contributed by atoms with E-state index in [0.29, 0.717) is 6.42 Å². The molecule has 1 aliphatic heterocycles. The van der Waals surface area contributed by atoms with Crippen LogP contribution in [0, 0.1) is 0 Å². The van der Waals surface area contributed by atoms with Gasteiger partial charge in [-0.05, 0) is 70.6 Å². The van der Waals surface area contributed by atoms with E-state index >= 15 is 0 Å². The molecule has 330 valence electrons. The van der Waals surface area contributed by atoms with Crippen molar-refractivity contribution in [3.8, 4) is 0 Å². The number of rotatable bonds is 35. The quantitative estimate of drug-likeness (QED) is 0.0274. The molecule has 9 heteroatoms. The van der Waals surface area contributed by atoms with E-state index in [4.69, 9.17) is 9.47 Å². The van der Waals surface area contributed by atoms with Gasteiger partial charge in [0.05, 0.1) is 25.4 Å². The smallest absolute Gasteiger partial charge is 0.220 e. The fourth-order valence-corrected chi connectivity index (χ4v) is 6.30. The first-order valence-corrected chi connectivity index (χ1v) is 22.5. The molecule has 0 saturated carbocycles. The molecule has 1 amide bonds. The number of carbonyl (C=O) groups is 1. The Balaban J connectivity index is 2.11. The summed E-state index contributed by atoms with van der Waals surface area (Å²) in [5.41, 5.74) is 0. The zero-order chi connectivity index (χ0) is 42.3. The Labute approximate surface area is 352 Å². The topological polar surface area (TPSA) is 149 Å². The molecule has 6 N–H and O–H groups in total. The van der Waals surface area contributed by atoms with Crippen molar-refractivity contribution in [2.24, 2.45) is 0 Å². The first kappa shape index (κ1) is 53.1. The lowest BCUT2D eigenvalue weighted by atomic mass is 9.99. The number of ether oxygens (including phenoxy) is 2. The Hall–Kier alpha value is -2.89. The van der Waals surface area contributed by atoms with Gasteiger partial charge in [-0.3, -0.25) is 4.79 Å². The first-order chi connectivity index (χ1) is 28.3. The highest BCUT2D eigenvalue weighted by atomic mass is 16.7. The van der Waals surface area contributed by atoms with Gasteiger partial charge < -0.3 is 40.3 Å². The third kappa shape index (κ3) is 28.5. The molecule has 0 aromatic rings. The van der Waals surface area contributed by atoms with Crippen LogP contribution in [0.25, 0.3) is 0 Å². The molecule has 0 aliphatic carbocycles. The maximum absolute atomic E-state index is 12.8. The van der Waals surface area contributed by atoms with Crippen molar-refractivity contribution in [2.75, 3.05) is 13.2 Å². The van der Waals surface area contributed by atoms with Gasteiger partial charge in [-0.2, -0.15) is 0 Å². The maximum atomic E-state index is 12.8. The van der Waals surface area contributed by atoms with Crippen LogP contribution in [-0.4, -0.2) is 87.5 Å². The van der Waals surface area contributed by atoms with Crippen molar-refractivity contribution < 1.29 is 39.8 Å². The van der Waals surface area contributed by atoms with E-state index in [0.717, 1.165) is 96.3 Å². The van der Waals surface area contributed by atoms with Crippen molar-refractivity contribution in [1.82, 2.24) is 5.32 Å². The molecule has 58 heavy (non-hydrogen) atoms. The maximum Gasteiger partial charge on any atom is 0.220 e. The molecule has 7 unspecified atom stereocenters. The second-order valence-electron chi connectivity index (χ2n) is 15.1. The normalized spacial score (nSPS) is 21.8. The highest BCUT2D eigenvalue weighted by molar-refractivity contribution is 5.76. The largest absolute Gasteiger partial charge is 0.394 e. The summed E-state index contributed by atoms with van der Waals surface area (Å²) in [5.74, 6) is -0.199. The van der Waals surface area contributed by atoms with E-state index < -0.39 is 49.5 Å². The molecule has 0 bridgehead atoms. The first-order valence-electron chi connectivity index (χ1n) is 22.5. The number of unbranched alkanes of at least 4 members (excludes halogenated alkanes) is 11. The fourth-order valence-electron chi connectivity index (χ4n) is 6.30. The van der Waals surface area contributed by atoms with Gasteiger partial charge in [0.25, 0.3) is 0 Å². The van der Waals surface area contributed by atoms with Crippen LogP contribution in [0.3, 0.4) is 0 Å². The minimum Gasteiger partial charge on any atom is -0.394 e. The Morgan fingerprint density at radius 1 is 0.603 bits per heavy atom. The minimum atomic E-state index is -1.57. The summed E-state index contributed by atoms with van der Waals surface area (Å²) in [5, 5.41) is 53.5. The molecule has 1 heterocycles. The van der Waals surface area contributed by atoms with E-state index in [9.17, 15) is 30.3 Å². The number of hydrogen-bond donors (Lipinski definition) is 6. The van der Waals surface area contributed by atoms with E-state index in [-0.39, 0.29) is 12.5 Å². The third-order valence-electron chi connectivity index (χ3n) is 9.91. The lowest BCUT2D eigenvalue weighted by molar-refractivity contribution is -0.302. The number of carbonyl (C=O) groups excluding carboxylic acids is 1. The van der Waals surface area contributed by atoms with Gasteiger partial charge in [0, 0.05) is 6.42 Å². The monoisotopic (exact) mass is 812 g/mol. The van der Waals surface area contributed by atoms with E-state index in [2.05, 4.69) is 104 Å². The van der Waals surface area contributed by atoms with Gasteiger partial charge in [-0.15, -0.1) is 0 Å². The molecule has 1 aliphatic rings. The molecule has 0 spiro atoms. The summed E-state index contributed by atoms with van der Waals surface area (Å²) in [6, 6.07) is -0.809. The summed E-state index contributed by atoms with van der Waals surface area (Å²) in [7, 11) is 0. The van der Waals surface area contributed by atoms with Crippen LogP contribution in [0.15, 0.2) is 97.2 Å². The fraction of sp³-hybridized carbons (Fsp3) is 0.653. The van der Waals surface area contributed by atoms with Gasteiger partial charge in [-0.25, -0.2) is 0 Å². The standard InChI is InChI=1S/C49H81NO8/c1-3-5-7-9-10-11-12-13-14-15-16-17-18-19-20-21-22-23-24-25-26-27-28-29-30-31-32-33-34-35-37-39-45(53)50-42(43(52)38-36-8-6-4-2)41-57-49-48(56)47(55)46(54)44(40-51)58-49/h5,7,10-11,13-14,16-17,19-20,22-23,25-26,36,38,42-44,46-49,51-52,54-56H,3-4,6,8-9,12,15,18,21,24,27-35,37,39-41H2,1-2H3,(H,50,53)/b7-5-,11-10-,14-13-,17-16-,20-19-,23-22-,26-25-,38-36+. The van der Waals surface area contributed by atoms with Gasteiger partial charge in [-0.1, -0.05) is 169 Å². The number of aliphatic hydroxyl groups is 5. The Morgan fingerprint density at radius 2 is 1.07 bits per heavy atom. The van der Waals surface area contributed by atoms with E-state index in [1.54, 1.807) is 6.08 Å². The van der Waals surface area contributed by atoms with Crippen LogP contribution in [0.4, 0.5) is 0 Å². The van der Waals surface area contributed by atoms with Crippen molar-refractivity contribution in [2.45, 2.75) is 192 Å². The van der Waals surface area contributed by atoms with Crippen LogP contribution < -0.4 is 5.32 Å². The second-order valence-corrected chi connectivity index (χ2v) is 15.1. The predicted octanol–water partition coefficient (Wildman–Crippen LogP) is 9.33. The van der Waals surface area contributed by atoms with Crippen LogP contribution in [0.2, 0.25) is 0 Å². The van der Waals surface area contributed by atoms with E-state index in [1.165, 1.54) is 32.1 Å². The molecule has 7 atom stereocenters. The molecular weight excluding hydrogens is 731 g/mol. The van der Waals surface area contributed by atoms with Crippen LogP contribution in [0.5, 0.6) is 0 Å². The number of hydrogen-bond acceptors (Lipinski definition) is 8. The SMILES string of the molecule is CC/C=C\C/C=C\C/C=C\C/C=C\C/C=C\C/C=C\C/C=C\CCCCCCCCCCCC(=O)NC(COC1OC(CO)C(O)C(O)C1O)C(O)/C=C/CCCC. The van der Waals surface area contributed by atoms with Crippen LogP contribution in [-0.2, 0) is 14.3 Å². The molecule has 9 nitrogen and oxygen atoms in total. The number of aliphatic hydroxyl groups excluding tert-OH is 5. The van der Waals surface area contributed by atoms with Gasteiger partial charge in [0.15, 0.2) is 6.29 Å². The summed E-state index contributed by atoms with van der Waals surface area (Å²) in [6.45, 7) is 3.47. The summed E-state index contributed by atoms with van der Waals surface area (Å²) in [6.07, 6.45) is 48.1. The lowest BCUT2D eigenvalue weighted by Crippen LogP contribution is -2.60. The highest BCUT2D eigenvalue weighted by Crippen LogP contribution is 2.22. The molecular formula is C49H81NO8. The summed E-state index contributed by atoms with van der Waals surface area (Å²) >= 11 is 0. The Morgan fingerprint density at radius 3 is 1.57 bits per heavy atom. The minimum absolute atomic E-state index is 0.199. The molecule has 0 radical (unpaired) electrons. The zero-order valence-corrected chi connectivity index (χ0v) is 36.0. The molecule has 1 saturated heterocycles. The van der Waals surface area contributed by atoms with Crippen molar-refractivity contribution >= 4 is 5.91 Å². The summed E-state index contributed by atoms with van der Waals surface area (Å²) in [4.78, 5) is 12.8. The average Bonchev–Trinajstić information content (AvgIpc) is 3.22. The van der Waals surface area contributed by atoms with Gasteiger partial charge >= 0.3 is 0 Å². The molecule has 1 fully saturated rings. The van der Waals surface area contributed by atoms with Crippen LogP contribution in [0.1, 0.15) is 149 Å². The Bertz CT molecular complexity index is 1220. The van der Waals surface area contributed by atoms with Gasteiger partial charge in [0.2, 0.25) is 5.91 Å². The van der Waals surface area contributed by atoms with Crippen molar-refractivity contribution in [3.63, 3.8) is 0 Å². The number of nitrogens with one attached hydrogen (secondary N) is 1. The highest BCUT2D eigenvalue weighted by Gasteiger charge is 2.44. The lowest BCUT2D eigenvalue weighted by Gasteiger charge is -2.40. The number of allylic oxidation sites excluding steroid dienone is 15. The number of amides is 1.